The fraction of sp³-hybridized carbons (Fsp3) is 0.200. The first-order chi connectivity index (χ1) is 15.2. The quantitative estimate of drug-likeness (QED) is 0.447. The van der Waals surface area contributed by atoms with Crippen molar-refractivity contribution < 1.29 is 14.3 Å². The average molecular weight is 415 g/mol. The number of ether oxygens (including phenoxy) is 2. The number of carbonyl (C=O) groups is 1. The third kappa shape index (κ3) is 4.53. The van der Waals surface area contributed by atoms with Crippen LogP contribution in [-0.4, -0.2) is 30.1 Å². The summed E-state index contributed by atoms with van der Waals surface area (Å²) in [6, 6.07) is 17.7. The van der Waals surface area contributed by atoms with Gasteiger partial charge >= 0.3 is 0 Å². The summed E-state index contributed by atoms with van der Waals surface area (Å²) in [5.41, 5.74) is 4.11. The summed E-state index contributed by atoms with van der Waals surface area (Å²) in [7, 11) is 3.23. The Labute approximate surface area is 181 Å². The van der Waals surface area contributed by atoms with Crippen molar-refractivity contribution in [2.75, 3.05) is 14.2 Å². The smallest absolute Gasteiger partial charge is 0.221 e. The Balaban J connectivity index is 1.65. The van der Waals surface area contributed by atoms with E-state index in [2.05, 4.69) is 21.4 Å². The normalized spacial score (nSPS) is 11.8. The number of aromatic nitrogens is 2. The number of fused-ring (bicyclic) bond motifs is 1. The van der Waals surface area contributed by atoms with Crippen molar-refractivity contribution >= 4 is 16.8 Å². The highest BCUT2D eigenvalue weighted by molar-refractivity contribution is 5.86. The van der Waals surface area contributed by atoms with Gasteiger partial charge in [0, 0.05) is 48.4 Å². The van der Waals surface area contributed by atoms with Crippen molar-refractivity contribution in [3.05, 3.63) is 89.9 Å². The Kier molecular flexibility index (Phi) is 6.17. The van der Waals surface area contributed by atoms with Gasteiger partial charge < -0.3 is 19.8 Å². The third-order valence-corrected chi connectivity index (χ3v) is 5.44. The van der Waals surface area contributed by atoms with E-state index in [0.717, 1.165) is 27.6 Å². The molecule has 2 aromatic carbocycles. The summed E-state index contributed by atoms with van der Waals surface area (Å²) in [6.07, 6.45) is 5.74. The molecule has 1 atom stereocenters. The SMILES string of the molecule is COc1ccc([C@@H](CC(=O)NCc2ccncc2)c2c[nH]c3ccccc23)cc1OC. The van der Waals surface area contributed by atoms with E-state index in [-0.39, 0.29) is 11.8 Å². The summed E-state index contributed by atoms with van der Waals surface area (Å²) in [6.45, 7) is 0.466. The van der Waals surface area contributed by atoms with Gasteiger partial charge in [-0.05, 0) is 47.0 Å². The van der Waals surface area contributed by atoms with E-state index in [9.17, 15) is 4.79 Å². The van der Waals surface area contributed by atoms with Crippen molar-refractivity contribution in [2.24, 2.45) is 0 Å². The number of hydrogen-bond acceptors (Lipinski definition) is 4. The molecule has 0 aliphatic heterocycles. The number of benzene rings is 2. The zero-order valence-electron chi connectivity index (χ0n) is 17.6. The summed E-state index contributed by atoms with van der Waals surface area (Å²) < 4.78 is 10.9. The summed E-state index contributed by atoms with van der Waals surface area (Å²) >= 11 is 0. The van der Waals surface area contributed by atoms with Crippen molar-refractivity contribution in [1.29, 1.82) is 0 Å². The highest BCUT2D eigenvalue weighted by Gasteiger charge is 2.23. The molecular weight excluding hydrogens is 390 g/mol. The van der Waals surface area contributed by atoms with Crippen LogP contribution in [0.2, 0.25) is 0 Å². The van der Waals surface area contributed by atoms with Gasteiger partial charge in [-0.1, -0.05) is 24.3 Å². The summed E-state index contributed by atoms with van der Waals surface area (Å²) in [5, 5.41) is 4.13. The van der Waals surface area contributed by atoms with Crippen molar-refractivity contribution in [3.63, 3.8) is 0 Å². The van der Waals surface area contributed by atoms with Crippen molar-refractivity contribution in [2.45, 2.75) is 18.9 Å². The molecule has 0 radical (unpaired) electrons. The van der Waals surface area contributed by atoms with E-state index >= 15 is 0 Å². The first-order valence-electron chi connectivity index (χ1n) is 10.1. The van der Waals surface area contributed by atoms with Gasteiger partial charge in [-0.15, -0.1) is 0 Å². The largest absolute Gasteiger partial charge is 0.493 e. The average Bonchev–Trinajstić information content (AvgIpc) is 3.25. The fourth-order valence-electron chi connectivity index (χ4n) is 3.82. The number of methoxy groups -OCH3 is 2. The molecule has 4 rings (SSSR count). The number of pyridine rings is 1. The van der Waals surface area contributed by atoms with Crippen LogP contribution in [0, 0.1) is 0 Å². The predicted molar refractivity (Wildman–Crippen MR) is 120 cm³/mol. The topological polar surface area (TPSA) is 76.2 Å². The molecule has 0 aliphatic rings. The third-order valence-electron chi connectivity index (χ3n) is 5.44. The lowest BCUT2D eigenvalue weighted by atomic mass is 9.87. The maximum atomic E-state index is 12.9. The number of nitrogens with zero attached hydrogens (tertiary/aromatic N) is 1. The van der Waals surface area contributed by atoms with Gasteiger partial charge in [0.2, 0.25) is 5.91 Å². The Morgan fingerprint density at radius 2 is 1.81 bits per heavy atom. The number of nitrogens with one attached hydrogen (secondary N) is 2. The van der Waals surface area contributed by atoms with Gasteiger partial charge in [-0.3, -0.25) is 9.78 Å². The van der Waals surface area contributed by atoms with Gasteiger partial charge in [0.05, 0.1) is 14.2 Å². The minimum absolute atomic E-state index is 0.0260. The van der Waals surface area contributed by atoms with Crippen molar-refractivity contribution in [1.82, 2.24) is 15.3 Å². The summed E-state index contributed by atoms with van der Waals surface area (Å²) in [5.74, 6) is 1.13. The maximum Gasteiger partial charge on any atom is 0.221 e. The molecule has 0 saturated heterocycles. The van der Waals surface area contributed by atoms with E-state index in [4.69, 9.17) is 9.47 Å². The van der Waals surface area contributed by atoms with Gasteiger partial charge in [-0.2, -0.15) is 0 Å². The van der Waals surface area contributed by atoms with Crippen LogP contribution in [0.15, 0.2) is 73.2 Å². The summed E-state index contributed by atoms with van der Waals surface area (Å²) in [4.78, 5) is 20.3. The first kappa shape index (κ1) is 20.5. The second-order valence-corrected chi connectivity index (χ2v) is 7.29. The molecule has 1 amide bonds. The van der Waals surface area contributed by atoms with Crippen LogP contribution in [0.25, 0.3) is 10.9 Å². The lowest BCUT2D eigenvalue weighted by molar-refractivity contribution is -0.121. The standard InChI is InChI=1S/C25H25N3O3/c1-30-23-8-7-18(13-24(23)31-2)20(21-16-27-22-6-4-3-5-19(21)22)14-25(29)28-15-17-9-11-26-12-10-17/h3-13,16,20,27H,14-15H2,1-2H3,(H,28,29)/t20-/m1/s1. The van der Waals surface area contributed by atoms with Crippen LogP contribution >= 0.6 is 0 Å². The van der Waals surface area contributed by atoms with E-state index in [1.165, 1.54) is 0 Å². The molecular formula is C25H25N3O3. The van der Waals surface area contributed by atoms with Gasteiger partial charge in [0.1, 0.15) is 0 Å². The molecule has 2 N–H and O–H groups in total. The Morgan fingerprint density at radius 1 is 1.03 bits per heavy atom. The molecule has 158 valence electrons. The minimum atomic E-state index is -0.145. The minimum Gasteiger partial charge on any atom is -0.493 e. The van der Waals surface area contributed by atoms with E-state index in [0.29, 0.717) is 24.5 Å². The molecule has 2 aromatic heterocycles. The molecule has 4 aromatic rings. The van der Waals surface area contributed by atoms with Crippen LogP contribution in [-0.2, 0) is 11.3 Å². The number of rotatable bonds is 8. The lowest BCUT2D eigenvalue weighted by Crippen LogP contribution is -2.25. The first-order valence-corrected chi connectivity index (χ1v) is 10.1. The highest BCUT2D eigenvalue weighted by atomic mass is 16.5. The zero-order valence-corrected chi connectivity index (χ0v) is 17.6. The Morgan fingerprint density at radius 3 is 2.58 bits per heavy atom. The lowest BCUT2D eigenvalue weighted by Gasteiger charge is -2.19. The second kappa shape index (κ2) is 9.34. The Bertz CT molecular complexity index is 1170. The number of para-hydroxylation sites is 1. The molecule has 6 heteroatoms. The zero-order chi connectivity index (χ0) is 21.6. The van der Waals surface area contributed by atoms with Crippen LogP contribution < -0.4 is 14.8 Å². The molecule has 0 fully saturated rings. The van der Waals surface area contributed by atoms with Gasteiger partial charge in [0.15, 0.2) is 11.5 Å². The van der Waals surface area contributed by atoms with E-state index in [1.54, 1.807) is 26.6 Å². The molecule has 0 bridgehead atoms. The van der Waals surface area contributed by atoms with E-state index < -0.39 is 0 Å². The molecule has 0 aliphatic carbocycles. The molecule has 0 unspecified atom stereocenters. The molecule has 6 nitrogen and oxygen atoms in total. The number of aromatic amines is 1. The molecule has 0 spiro atoms. The van der Waals surface area contributed by atoms with Crippen LogP contribution in [0.3, 0.4) is 0 Å². The van der Waals surface area contributed by atoms with E-state index in [1.807, 2.05) is 54.7 Å². The van der Waals surface area contributed by atoms with Crippen LogP contribution in [0.4, 0.5) is 0 Å². The van der Waals surface area contributed by atoms with Crippen molar-refractivity contribution in [3.8, 4) is 11.5 Å². The van der Waals surface area contributed by atoms with Crippen LogP contribution in [0.1, 0.15) is 29.0 Å². The van der Waals surface area contributed by atoms with Gasteiger partial charge in [-0.25, -0.2) is 0 Å². The number of carbonyl (C=O) groups excluding carboxylic acids is 1. The molecule has 2 heterocycles. The van der Waals surface area contributed by atoms with Crippen LogP contribution in [0.5, 0.6) is 11.5 Å². The molecule has 0 saturated carbocycles. The number of H-pyrrole nitrogens is 1. The molecule has 31 heavy (non-hydrogen) atoms. The Hall–Kier alpha value is -3.80. The fourth-order valence-corrected chi connectivity index (χ4v) is 3.82. The monoisotopic (exact) mass is 415 g/mol. The predicted octanol–water partition coefficient (Wildman–Crippen LogP) is 4.42. The number of hydrogen-bond donors (Lipinski definition) is 2. The van der Waals surface area contributed by atoms with Gasteiger partial charge in [0.25, 0.3) is 0 Å². The maximum absolute atomic E-state index is 12.9. The second-order valence-electron chi connectivity index (χ2n) is 7.29. The number of amides is 1. The highest BCUT2D eigenvalue weighted by Crippen LogP contribution is 2.37.